The maximum absolute atomic E-state index is 5.94. The van der Waals surface area contributed by atoms with Gasteiger partial charge in [-0.1, -0.05) is 30.3 Å². The number of aryl methyl sites for hydroxylation is 1. The predicted molar refractivity (Wildman–Crippen MR) is 107 cm³/mol. The second-order valence-corrected chi connectivity index (χ2v) is 6.99. The van der Waals surface area contributed by atoms with E-state index in [2.05, 4.69) is 51.7 Å². The van der Waals surface area contributed by atoms with Crippen molar-refractivity contribution in [2.45, 2.75) is 19.4 Å². The van der Waals surface area contributed by atoms with Crippen LogP contribution in [0.3, 0.4) is 0 Å². The number of hydrogen-bond donors (Lipinski definition) is 2. The Balaban J connectivity index is 1.34. The van der Waals surface area contributed by atoms with Gasteiger partial charge in [0.25, 0.3) is 0 Å². The molecular formula is C22H27N3O. The Morgan fingerprint density at radius 3 is 2.69 bits per heavy atom. The van der Waals surface area contributed by atoms with Crippen LogP contribution < -0.4 is 10.1 Å². The van der Waals surface area contributed by atoms with Gasteiger partial charge < -0.3 is 19.9 Å². The smallest absolute Gasteiger partial charge is 0.121 e. The summed E-state index contributed by atoms with van der Waals surface area (Å²) in [5, 5.41) is 4.73. The van der Waals surface area contributed by atoms with Crippen molar-refractivity contribution in [1.82, 2.24) is 15.2 Å². The van der Waals surface area contributed by atoms with Gasteiger partial charge in [-0.2, -0.15) is 0 Å². The van der Waals surface area contributed by atoms with Crippen LogP contribution in [0.25, 0.3) is 10.9 Å². The second-order valence-electron chi connectivity index (χ2n) is 6.99. The van der Waals surface area contributed by atoms with Crippen molar-refractivity contribution in [2.75, 3.05) is 32.7 Å². The first-order valence-corrected chi connectivity index (χ1v) is 9.58. The van der Waals surface area contributed by atoms with Gasteiger partial charge >= 0.3 is 0 Å². The number of nitrogens with zero attached hydrogens (tertiary/aromatic N) is 1. The number of ether oxygens (including phenoxy) is 1. The molecule has 1 aromatic heterocycles. The summed E-state index contributed by atoms with van der Waals surface area (Å²) in [6, 6.07) is 16.7. The Bertz CT molecular complexity index is 822. The number of piperazine rings is 1. The van der Waals surface area contributed by atoms with E-state index in [9.17, 15) is 0 Å². The molecule has 1 aliphatic heterocycles. The Kier molecular flexibility index (Phi) is 5.53. The largest absolute Gasteiger partial charge is 0.489 e. The summed E-state index contributed by atoms with van der Waals surface area (Å²) in [5.41, 5.74) is 3.75. The van der Waals surface area contributed by atoms with E-state index in [1.54, 1.807) is 0 Å². The molecule has 0 bridgehead atoms. The van der Waals surface area contributed by atoms with Crippen molar-refractivity contribution >= 4 is 10.9 Å². The molecule has 2 aromatic carbocycles. The number of benzene rings is 2. The second kappa shape index (κ2) is 8.39. The molecule has 4 rings (SSSR count). The van der Waals surface area contributed by atoms with Gasteiger partial charge in [0.15, 0.2) is 0 Å². The molecule has 26 heavy (non-hydrogen) atoms. The zero-order valence-corrected chi connectivity index (χ0v) is 15.2. The molecule has 2 N–H and O–H groups in total. The average molecular weight is 349 g/mol. The summed E-state index contributed by atoms with van der Waals surface area (Å²) < 4.78 is 5.94. The fraction of sp³-hybridized carbons (Fsp3) is 0.364. The van der Waals surface area contributed by atoms with Crippen LogP contribution in [-0.4, -0.2) is 42.6 Å². The van der Waals surface area contributed by atoms with E-state index < -0.39 is 0 Å². The van der Waals surface area contributed by atoms with Gasteiger partial charge in [0, 0.05) is 49.3 Å². The van der Waals surface area contributed by atoms with Crippen LogP contribution in [0, 0.1) is 0 Å². The van der Waals surface area contributed by atoms with Crippen molar-refractivity contribution in [3.63, 3.8) is 0 Å². The first-order valence-electron chi connectivity index (χ1n) is 9.58. The highest BCUT2D eigenvalue weighted by Crippen LogP contribution is 2.25. The Labute approximate surface area is 155 Å². The van der Waals surface area contributed by atoms with Crippen molar-refractivity contribution in [3.05, 3.63) is 65.9 Å². The molecule has 4 nitrogen and oxygen atoms in total. The lowest BCUT2D eigenvalue weighted by Gasteiger charge is -2.26. The van der Waals surface area contributed by atoms with Gasteiger partial charge in [-0.05, 0) is 42.6 Å². The van der Waals surface area contributed by atoms with Crippen LogP contribution in [0.4, 0.5) is 0 Å². The molecule has 3 aromatic rings. The third-order valence-electron chi connectivity index (χ3n) is 5.12. The molecule has 0 unspecified atom stereocenters. The fourth-order valence-corrected chi connectivity index (χ4v) is 3.63. The minimum atomic E-state index is 0.602. The molecule has 0 spiro atoms. The van der Waals surface area contributed by atoms with E-state index in [1.165, 1.54) is 42.6 Å². The monoisotopic (exact) mass is 349 g/mol. The molecule has 0 atom stereocenters. The molecule has 1 saturated heterocycles. The summed E-state index contributed by atoms with van der Waals surface area (Å²) in [6.45, 7) is 6.39. The first kappa shape index (κ1) is 17.1. The van der Waals surface area contributed by atoms with Crippen LogP contribution in [0.1, 0.15) is 17.5 Å². The highest BCUT2D eigenvalue weighted by atomic mass is 16.5. The minimum Gasteiger partial charge on any atom is -0.489 e. The number of H-pyrrole nitrogens is 1. The zero-order chi connectivity index (χ0) is 17.6. The Hall–Kier alpha value is -2.30. The number of aromatic nitrogens is 1. The molecule has 136 valence electrons. The van der Waals surface area contributed by atoms with Crippen LogP contribution in [-0.2, 0) is 13.0 Å². The molecule has 0 saturated carbocycles. The maximum atomic E-state index is 5.94. The Morgan fingerprint density at radius 2 is 1.85 bits per heavy atom. The summed E-state index contributed by atoms with van der Waals surface area (Å²) in [5.74, 6) is 0.913. The molecule has 1 aliphatic rings. The minimum absolute atomic E-state index is 0.602. The third kappa shape index (κ3) is 4.26. The Morgan fingerprint density at radius 1 is 1.00 bits per heavy atom. The highest BCUT2D eigenvalue weighted by Gasteiger charge is 2.10. The lowest BCUT2D eigenvalue weighted by Crippen LogP contribution is -2.43. The number of rotatable bonds is 7. The molecule has 1 fully saturated rings. The average Bonchev–Trinajstić information content (AvgIpc) is 3.10. The summed E-state index contributed by atoms with van der Waals surface area (Å²) in [6.07, 6.45) is 4.48. The number of fused-ring (bicyclic) bond motifs is 1. The zero-order valence-electron chi connectivity index (χ0n) is 15.2. The number of hydrogen-bond acceptors (Lipinski definition) is 3. The van der Waals surface area contributed by atoms with Gasteiger partial charge in [-0.3, -0.25) is 0 Å². The van der Waals surface area contributed by atoms with Gasteiger partial charge in [0.1, 0.15) is 12.4 Å². The van der Waals surface area contributed by atoms with Crippen LogP contribution in [0.5, 0.6) is 5.75 Å². The highest BCUT2D eigenvalue weighted by molar-refractivity contribution is 5.84. The van der Waals surface area contributed by atoms with Gasteiger partial charge in [-0.15, -0.1) is 0 Å². The first-order chi connectivity index (χ1) is 12.9. The SMILES string of the molecule is c1ccc(COc2ccc3c(CCCN4CCNCC4)c[nH]c3c2)cc1. The molecular weight excluding hydrogens is 322 g/mol. The van der Waals surface area contributed by atoms with E-state index >= 15 is 0 Å². The summed E-state index contributed by atoms with van der Waals surface area (Å²) in [7, 11) is 0. The maximum Gasteiger partial charge on any atom is 0.121 e. The fourth-order valence-electron chi connectivity index (χ4n) is 3.63. The molecule has 0 aliphatic carbocycles. The molecule has 0 amide bonds. The lowest BCUT2D eigenvalue weighted by molar-refractivity contribution is 0.238. The molecule has 4 heteroatoms. The molecule has 2 heterocycles. The summed E-state index contributed by atoms with van der Waals surface area (Å²) in [4.78, 5) is 5.97. The van der Waals surface area contributed by atoms with E-state index in [1.807, 2.05) is 18.2 Å². The van der Waals surface area contributed by atoms with Gasteiger partial charge in [-0.25, -0.2) is 0 Å². The predicted octanol–water partition coefficient (Wildman–Crippen LogP) is 3.58. The lowest BCUT2D eigenvalue weighted by atomic mass is 10.1. The van der Waals surface area contributed by atoms with E-state index in [0.717, 1.165) is 30.8 Å². The van der Waals surface area contributed by atoms with Crippen LogP contribution in [0.2, 0.25) is 0 Å². The quantitative estimate of drug-likeness (QED) is 0.685. The van der Waals surface area contributed by atoms with E-state index in [0.29, 0.717) is 6.61 Å². The summed E-state index contributed by atoms with van der Waals surface area (Å²) >= 11 is 0. The van der Waals surface area contributed by atoms with Gasteiger partial charge in [0.2, 0.25) is 0 Å². The van der Waals surface area contributed by atoms with Crippen molar-refractivity contribution in [3.8, 4) is 5.75 Å². The van der Waals surface area contributed by atoms with Crippen LogP contribution in [0.15, 0.2) is 54.7 Å². The van der Waals surface area contributed by atoms with Crippen molar-refractivity contribution in [2.24, 2.45) is 0 Å². The topological polar surface area (TPSA) is 40.3 Å². The number of nitrogens with one attached hydrogen (secondary N) is 2. The van der Waals surface area contributed by atoms with E-state index in [-0.39, 0.29) is 0 Å². The van der Waals surface area contributed by atoms with Crippen molar-refractivity contribution in [1.29, 1.82) is 0 Å². The normalized spacial score (nSPS) is 15.4. The van der Waals surface area contributed by atoms with Gasteiger partial charge in [0.05, 0.1) is 0 Å². The standard InChI is InChI=1S/C22H27N3O/c1-2-5-18(6-3-1)17-26-20-8-9-21-19(16-24-22(21)15-20)7-4-12-25-13-10-23-11-14-25/h1-3,5-6,8-9,15-16,23-24H,4,7,10-14,17H2. The van der Waals surface area contributed by atoms with Crippen molar-refractivity contribution < 1.29 is 4.74 Å². The number of aromatic amines is 1. The van der Waals surface area contributed by atoms with Crippen LogP contribution >= 0.6 is 0 Å². The third-order valence-corrected chi connectivity index (χ3v) is 5.12. The van der Waals surface area contributed by atoms with E-state index in [4.69, 9.17) is 4.74 Å². The molecule has 0 radical (unpaired) electrons.